The number of hydrogen-bond acceptors (Lipinski definition) is 4. The lowest BCUT2D eigenvalue weighted by atomic mass is 10.2. The molecule has 1 aliphatic heterocycles. The molecule has 1 saturated heterocycles. The van der Waals surface area contributed by atoms with Crippen LogP contribution in [0.3, 0.4) is 0 Å². The maximum Gasteiger partial charge on any atom is 0.142 e. The van der Waals surface area contributed by atoms with Crippen LogP contribution in [0.25, 0.3) is 0 Å². The van der Waals surface area contributed by atoms with Gasteiger partial charge in [0.15, 0.2) is 0 Å². The van der Waals surface area contributed by atoms with E-state index in [0.717, 1.165) is 26.2 Å². The van der Waals surface area contributed by atoms with Crippen molar-refractivity contribution in [3.05, 3.63) is 54.0 Å². The van der Waals surface area contributed by atoms with E-state index in [1.165, 1.54) is 18.0 Å². The Balaban J connectivity index is 1.71. The first-order valence-electron chi connectivity index (χ1n) is 7.08. The SMILES string of the molecule is OCc1cc(F)cnc1N1CCN(c2ccccc2)CC1. The fourth-order valence-electron chi connectivity index (χ4n) is 2.69. The number of anilines is 2. The summed E-state index contributed by atoms with van der Waals surface area (Å²) in [5, 5.41) is 9.36. The van der Waals surface area contributed by atoms with Crippen molar-refractivity contribution in [2.45, 2.75) is 6.61 Å². The Kier molecular flexibility index (Phi) is 4.01. The molecular weight excluding hydrogens is 269 g/mol. The van der Waals surface area contributed by atoms with Gasteiger partial charge in [-0.05, 0) is 18.2 Å². The van der Waals surface area contributed by atoms with E-state index in [-0.39, 0.29) is 6.61 Å². The highest BCUT2D eigenvalue weighted by Gasteiger charge is 2.20. The van der Waals surface area contributed by atoms with Crippen LogP contribution in [-0.2, 0) is 6.61 Å². The summed E-state index contributed by atoms with van der Waals surface area (Å²) < 4.78 is 13.2. The van der Waals surface area contributed by atoms with Gasteiger partial charge >= 0.3 is 0 Å². The Morgan fingerprint density at radius 2 is 1.71 bits per heavy atom. The van der Waals surface area contributed by atoms with Crippen molar-refractivity contribution in [3.63, 3.8) is 0 Å². The highest BCUT2D eigenvalue weighted by molar-refractivity contribution is 5.51. The number of piperazine rings is 1. The fraction of sp³-hybridized carbons (Fsp3) is 0.312. The van der Waals surface area contributed by atoms with Crippen molar-refractivity contribution in [1.29, 1.82) is 0 Å². The molecule has 2 aromatic rings. The Hall–Kier alpha value is -2.14. The summed E-state index contributed by atoms with van der Waals surface area (Å²) in [5.74, 6) is 0.275. The van der Waals surface area contributed by atoms with Crippen molar-refractivity contribution >= 4 is 11.5 Å². The summed E-state index contributed by atoms with van der Waals surface area (Å²) >= 11 is 0. The average Bonchev–Trinajstić information content (AvgIpc) is 2.56. The summed E-state index contributed by atoms with van der Waals surface area (Å²) in [4.78, 5) is 8.56. The van der Waals surface area contributed by atoms with Crippen molar-refractivity contribution in [2.24, 2.45) is 0 Å². The molecule has 21 heavy (non-hydrogen) atoms. The number of hydrogen-bond donors (Lipinski definition) is 1. The molecule has 0 radical (unpaired) electrons. The molecule has 1 aliphatic rings. The number of halogens is 1. The standard InChI is InChI=1S/C16H18FN3O/c17-14-10-13(12-21)16(18-11-14)20-8-6-19(7-9-20)15-4-2-1-3-5-15/h1-5,10-11,21H,6-9,12H2. The number of aromatic nitrogens is 1. The van der Waals surface area contributed by atoms with E-state index < -0.39 is 5.82 Å². The molecule has 0 atom stereocenters. The molecule has 2 heterocycles. The first kappa shape index (κ1) is 13.8. The van der Waals surface area contributed by atoms with Gasteiger partial charge in [-0.3, -0.25) is 0 Å². The van der Waals surface area contributed by atoms with Gasteiger partial charge in [0.05, 0.1) is 12.8 Å². The minimum atomic E-state index is -0.411. The lowest BCUT2D eigenvalue weighted by Crippen LogP contribution is -2.47. The Labute approximate surface area is 123 Å². The van der Waals surface area contributed by atoms with Crippen molar-refractivity contribution in [3.8, 4) is 0 Å². The third kappa shape index (κ3) is 2.97. The van der Waals surface area contributed by atoms with Crippen LogP contribution >= 0.6 is 0 Å². The van der Waals surface area contributed by atoms with Crippen LogP contribution in [0.5, 0.6) is 0 Å². The molecule has 1 aromatic carbocycles. The minimum Gasteiger partial charge on any atom is -0.392 e. The summed E-state index contributed by atoms with van der Waals surface area (Å²) in [7, 11) is 0. The van der Waals surface area contributed by atoms with E-state index in [1.807, 2.05) is 18.2 Å². The topological polar surface area (TPSA) is 39.6 Å². The number of rotatable bonds is 3. The van der Waals surface area contributed by atoms with Gasteiger partial charge in [0.2, 0.25) is 0 Å². The van der Waals surface area contributed by atoms with Crippen LogP contribution < -0.4 is 9.80 Å². The van der Waals surface area contributed by atoms with Crippen LogP contribution in [0.15, 0.2) is 42.6 Å². The molecule has 5 heteroatoms. The monoisotopic (exact) mass is 287 g/mol. The van der Waals surface area contributed by atoms with E-state index in [9.17, 15) is 9.50 Å². The lowest BCUT2D eigenvalue weighted by molar-refractivity contribution is 0.281. The van der Waals surface area contributed by atoms with E-state index in [1.54, 1.807) is 0 Å². The van der Waals surface area contributed by atoms with Crippen LogP contribution in [0.1, 0.15) is 5.56 Å². The zero-order chi connectivity index (χ0) is 14.7. The number of nitrogens with zero attached hydrogens (tertiary/aromatic N) is 3. The van der Waals surface area contributed by atoms with E-state index >= 15 is 0 Å². The number of para-hydroxylation sites is 1. The Morgan fingerprint density at radius 1 is 1.05 bits per heavy atom. The van der Waals surface area contributed by atoms with Gasteiger partial charge in [0.1, 0.15) is 11.6 Å². The molecule has 110 valence electrons. The normalized spacial score (nSPS) is 15.3. The lowest BCUT2D eigenvalue weighted by Gasteiger charge is -2.37. The quantitative estimate of drug-likeness (QED) is 0.938. The van der Waals surface area contributed by atoms with Crippen molar-refractivity contribution in [1.82, 2.24) is 4.98 Å². The zero-order valence-electron chi connectivity index (χ0n) is 11.7. The molecule has 0 spiro atoms. The van der Waals surface area contributed by atoms with E-state index in [0.29, 0.717) is 11.4 Å². The fourth-order valence-corrected chi connectivity index (χ4v) is 2.69. The number of benzene rings is 1. The van der Waals surface area contributed by atoms with Gasteiger partial charge in [-0.25, -0.2) is 9.37 Å². The second kappa shape index (κ2) is 6.10. The van der Waals surface area contributed by atoms with E-state index in [4.69, 9.17) is 0 Å². The highest BCUT2D eigenvalue weighted by Crippen LogP contribution is 2.22. The molecule has 4 nitrogen and oxygen atoms in total. The van der Waals surface area contributed by atoms with Crippen molar-refractivity contribution < 1.29 is 9.50 Å². The van der Waals surface area contributed by atoms with Crippen LogP contribution in [0, 0.1) is 5.82 Å². The molecule has 1 fully saturated rings. The molecule has 0 aliphatic carbocycles. The van der Waals surface area contributed by atoms with Gasteiger partial charge < -0.3 is 14.9 Å². The maximum atomic E-state index is 13.2. The smallest absolute Gasteiger partial charge is 0.142 e. The first-order chi connectivity index (χ1) is 10.3. The largest absolute Gasteiger partial charge is 0.392 e. The molecule has 0 bridgehead atoms. The molecule has 0 unspecified atom stereocenters. The molecule has 0 amide bonds. The third-order valence-corrected chi connectivity index (χ3v) is 3.78. The summed E-state index contributed by atoms with van der Waals surface area (Å²) in [6, 6.07) is 11.6. The minimum absolute atomic E-state index is 0.195. The number of pyridine rings is 1. The zero-order valence-corrected chi connectivity index (χ0v) is 11.7. The molecular formula is C16H18FN3O. The second-order valence-electron chi connectivity index (χ2n) is 5.10. The maximum absolute atomic E-state index is 13.2. The van der Waals surface area contributed by atoms with Crippen LogP contribution in [0.2, 0.25) is 0 Å². The number of aliphatic hydroxyl groups excluding tert-OH is 1. The predicted molar refractivity (Wildman–Crippen MR) is 81.0 cm³/mol. The van der Waals surface area contributed by atoms with Gasteiger partial charge in [-0.1, -0.05) is 18.2 Å². The second-order valence-corrected chi connectivity index (χ2v) is 5.10. The van der Waals surface area contributed by atoms with Crippen molar-refractivity contribution in [2.75, 3.05) is 36.0 Å². The molecule has 0 saturated carbocycles. The Bertz CT molecular complexity index is 598. The summed E-state index contributed by atoms with van der Waals surface area (Å²) in [5.41, 5.74) is 1.76. The van der Waals surface area contributed by atoms with Gasteiger partial charge in [0, 0.05) is 37.4 Å². The molecule has 1 N–H and O–H groups in total. The highest BCUT2D eigenvalue weighted by atomic mass is 19.1. The summed E-state index contributed by atoms with van der Waals surface area (Å²) in [6.07, 6.45) is 1.21. The first-order valence-corrected chi connectivity index (χ1v) is 7.08. The van der Waals surface area contributed by atoms with Gasteiger partial charge in [0.25, 0.3) is 0 Å². The Morgan fingerprint density at radius 3 is 2.38 bits per heavy atom. The number of aliphatic hydroxyl groups is 1. The van der Waals surface area contributed by atoms with Crippen LogP contribution in [-0.4, -0.2) is 36.3 Å². The average molecular weight is 287 g/mol. The van der Waals surface area contributed by atoms with Crippen LogP contribution in [0.4, 0.5) is 15.9 Å². The van der Waals surface area contributed by atoms with E-state index in [2.05, 4.69) is 26.9 Å². The molecule has 3 rings (SSSR count). The van der Waals surface area contributed by atoms with Gasteiger partial charge in [-0.2, -0.15) is 0 Å². The predicted octanol–water partition coefficient (Wildman–Crippen LogP) is 2.04. The third-order valence-electron chi connectivity index (χ3n) is 3.78. The molecule has 1 aromatic heterocycles. The summed E-state index contributed by atoms with van der Waals surface area (Å²) in [6.45, 7) is 3.18. The van der Waals surface area contributed by atoms with Gasteiger partial charge in [-0.15, -0.1) is 0 Å².